The molecule has 3 N–H and O–H groups in total. The Kier molecular flexibility index (Phi) is 6.51. The van der Waals surface area contributed by atoms with Crippen molar-refractivity contribution in [3.63, 3.8) is 0 Å². The zero-order chi connectivity index (χ0) is 25.2. The fourth-order valence-electron chi connectivity index (χ4n) is 4.81. The van der Waals surface area contributed by atoms with Gasteiger partial charge in [0.05, 0.1) is 12.6 Å². The number of H-pyrrole nitrogens is 1. The van der Waals surface area contributed by atoms with Crippen molar-refractivity contribution in [3.05, 3.63) is 125 Å². The van der Waals surface area contributed by atoms with Gasteiger partial charge >= 0.3 is 0 Å². The predicted molar refractivity (Wildman–Crippen MR) is 153 cm³/mol. The summed E-state index contributed by atoms with van der Waals surface area (Å²) in [6, 6.07) is 31.8. The maximum Gasteiger partial charge on any atom is 0.191 e. The zero-order valence-electron chi connectivity index (χ0n) is 20.8. The highest BCUT2D eigenvalue weighted by molar-refractivity contribution is 7.98. The lowest BCUT2D eigenvalue weighted by atomic mass is 10.0. The van der Waals surface area contributed by atoms with E-state index in [9.17, 15) is 0 Å². The van der Waals surface area contributed by atoms with Gasteiger partial charge in [0, 0.05) is 22.9 Å². The van der Waals surface area contributed by atoms with Crippen LogP contribution < -0.4 is 5.73 Å². The van der Waals surface area contributed by atoms with Gasteiger partial charge in [0.25, 0.3) is 0 Å². The van der Waals surface area contributed by atoms with Crippen molar-refractivity contribution in [1.29, 1.82) is 0 Å². The van der Waals surface area contributed by atoms with E-state index in [2.05, 4.69) is 118 Å². The van der Waals surface area contributed by atoms with Gasteiger partial charge in [0.2, 0.25) is 0 Å². The summed E-state index contributed by atoms with van der Waals surface area (Å²) in [4.78, 5) is 3.36. The summed E-state index contributed by atoms with van der Waals surface area (Å²) in [6.07, 6.45) is 2.74. The van der Waals surface area contributed by atoms with Gasteiger partial charge in [0.15, 0.2) is 11.0 Å². The largest absolute Gasteiger partial charge is 0.361 e. The van der Waals surface area contributed by atoms with E-state index in [4.69, 9.17) is 5.73 Å². The van der Waals surface area contributed by atoms with Crippen LogP contribution in [-0.4, -0.2) is 19.7 Å². The van der Waals surface area contributed by atoms with Crippen LogP contribution in [0.2, 0.25) is 0 Å². The van der Waals surface area contributed by atoms with Gasteiger partial charge in [-0.1, -0.05) is 102 Å². The highest BCUT2D eigenvalue weighted by Crippen LogP contribution is 2.28. The normalized spacial score (nSPS) is 12.4. The molecule has 6 heteroatoms. The Morgan fingerprint density at radius 1 is 0.865 bits per heavy atom. The van der Waals surface area contributed by atoms with Gasteiger partial charge in [-0.05, 0) is 46.9 Å². The van der Waals surface area contributed by atoms with Gasteiger partial charge < -0.3 is 15.3 Å². The molecule has 0 aliphatic carbocycles. The Morgan fingerprint density at radius 3 is 2.49 bits per heavy atom. The second kappa shape index (κ2) is 10.2. The average molecular weight is 504 g/mol. The lowest BCUT2D eigenvalue weighted by Crippen LogP contribution is -2.20. The highest BCUT2D eigenvalue weighted by atomic mass is 32.2. The Hall–Kier alpha value is -3.87. The van der Waals surface area contributed by atoms with Crippen molar-refractivity contribution in [3.8, 4) is 0 Å². The number of hydrogen-bond donors (Lipinski definition) is 2. The van der Waals surface area contributed by atoms with Crippen LogP contribution in [0.25, 0.3) is 21.7 Å². The minimum absolute atomic E-state index is 0.271. The van der Waals surface area contributed by atoms with E-state index in [0.29, 0.717) is 13.0 Å². The summed E-state index contributed by atoms with van der Waals surface area (Å²) >= 11 is 1.71. The van der Waals surface area contributed by atoms with Crippen molar-refractivity contribution in [2.45, 2.75) is 36.8 Å². The summed E-state index contributed by atoms with van der Waals surface area (Å²) in [5.74, 6) is 1.63. The monoisotopic (exact) mass is 503 g/mol. The number of nitrogens with one attached hydrogen (secondary N) is 1. The number of aromatic nitrogens is 4. The van der Waals surface area contributed by atoms with Crippen molar-refractivity contribution >= 4 is 33.4 Å². The number of nitrogens with two attached hydrogens (primary N) is 1. The number of nitrogens with zero attached hydrogens (tertiary/aromatic N) is 3. The Bertz CT molecular complexity index is 1660. The van der Waals surface area contributed by atoms with Crippen LogP contribution >= 0.6 is 11.8 Å². The second-order valence-corrected chi connectivity index (χ2v) is 10.5. The number of benzene rings is 4. The van der Waals surface area contributed by atoms with Crippen LogP contribution in [0.4, 0.5) is 0 Å². The average Bonchev–Trinajstić information content (AvgIpc) is 3.52. The van der Waals surface area contributed by atoms with E-state index >= 15 is 0 Å². The number of hydrogen-bond acceptors (Lipinski definition) is 4. The van der Waals surface area contributed by atoms with E-state index in [0.717, 1.165) is 22.3 Å². The van der Waals surface area contributed by atoms with Crippen molar-refractivity contribution in [2.24, 2.45) is 5.73 Å². The van der Waals surface area contributed by atoms with Gasteiger partial charge in [-0.15, -0.1) is 10.2 Å². The first-order valence-corrected chi connectivity index (χ1v) is 13.5. The predicted octanol–water partition coefficient (Wildman–Crippen LogP) is 6.80. The number of rotatable bonds is 8. The maximum absolute atomic E-state index is 6.79. The van der Waals surface area contributed by atoms with Crippen LogP contribution in [-0.2, 0) is 18.7 Å². The Labute approximate surface area is 220 Å². The molecule has 6 rings (SSSR count). The molecule has 0 bridgehead atoms. The first-order valence-electron chi connectivity index (χ1n) is 12.5. The first-order chi connectivity index (χ1) is 18.1. The molecule has 2 heterocycles. The van der Waals surface area contributed by atoms with Crippen LogP contribution in [0.5, 0.6) is 0 Å². The van der Waals surface area contributed by atoms with Crippen LogP contribution in [0.1, 0.15) is 34.1 Å². The van der Waals surface area contributed by atoms with E-state index in [1.54, 1.807) is 11.8 Å². The molecule has 1 atom stereocenters. The molecule has 0 saturated heterocycles. The quantitative estimate of drug-likeness (QED) is 0.224. The smallest absolute Gasteiger partial charge is 0.191 e. The van der Waals surface area contributed by atoms with Crippen molar-refractivity contribution in [1.82, 2.24) is 19.7 Å². The molecule has 6 aromatic rings. The number of fused-ring (bicyclic) bond motifs is 2. The SMILES string of the molecule is Cc1ccc(Cn2c(SCc3ccc4ccccc4c3)nnc2C(N)Cc2c[nH]c3ccccc23)cc1. The number of aryl methyl sites for hydroxylation is 1. The summed E-state index contributed by atoms with van der Waals surface area (Å²) in [6.45, 7) is 2.79. The number of para-hydroxylation sites is 1. The molecular formula is C31H29N5S. The first kappa shape index (κ1) is 23.5. The molecule has 0 aliphatic heterocycles. The molecule has 0 spiro atoms. The Balaban J connectivity index is 1.29. The second-order valence-electron chi connectivity index (χ2n) is 9.55. The molecule has 1 unspecified atom stereocenters. The number of thioether (sulfide) groups is 1. The molecule has 0 fully saturated rings. The highest BCUT2D eigenvalue weighted by Gasteiger charge is 2.21. The lowest BCUT2D eigenvalue weighted by molar-refractivity contribution is 0.589. The number of aromatic amines is 1. The van der Waals surface area contributed by atoms with Gasteiger partial charge in [-0.25, -0.2) is 0 Å². The van der Waals surface area contributed by atoms with E-state index in [1.807, 2.05) is 6.07 Å². The van der Waals surface area contributed by atoms with Crippen LogP contribution in [0.15, 0.2) is 102 Å². The summed E-state index contributed by atoms with van der Waals surface area (Å²) < 4.78 is 2.19. The minimum atomic E-state index is -0.271. The Morgan fingerprint density at radius 2 is 1.62 bits per heavy atom. The summed E-state index contributed by atoms with van der Waals surface area (Å²) in [5, 5.41) is 13.8. The minimum Gasteiger partial charge on any atom is -0.361 e. The third kappa shape index (κ3) is 5.03. The third-order valence-electron chi connectivity index (χ3n) is 6.83. The van der Waals surface area contributed by atoms with Crippen molar-refractivity contribution in [2.75, 3.05) is 0 Å². The maximum atomic E-state index is 6.79. The molecule has 0 aliphatic rings. The molecule has 37 heavy (non-hydrogen) atoms. The van der Waals surface area contributed by atoms with Gasteiger partial charge in [-0.2, -0.15) is 0 Å². The standard InChI is InChI=1S/C31H29N5S/c1-21-10-12-22(13-11-21)19-36-30(28(32)17-26-18-33-29-9-5-4-8-27(26)29)34-35-31(36)37-20-23-14-15-24-6-2-3-7-25(24)16-23/h2-16,18,28,33H,17,19-20,32H2,1H3. The fourth-order valence-corrected chi connectivity index (χ4v) is 5.70. The molecule has 0 saturated carbocycles. The molecular weight excluding hydrogens is 474 g/mol. The molecule has 2 aromatic heterocycles. The molecule has 5 nitrogen and oxygen atoms in total. The lowest BCUT2D eigenvalue weighted by Gasteiger charge is -2.15. The molecule has 0 radical (unpaired) electrons. The van der Waals surface area contributed by atoms with Crippen LogP contribution in [0.3, 0.4) is 0 Å². The molecule has 4 aromatic carbocycles. The summed E-state index contributed by atoms with van der Waals surface area (Å²) in [7, 11) is 0. The third-order valence-corrected chi connectivity index (χ3v) is 7.87. The molecule has 184 valence electrons. The van der Waals surface area contributed by atoms with E-state index in [1.165, 1.54) is 38.4 Å². The zero-order valence-corrected chi connectivity index (χ0v) is 21.6. The van der Waals surface area contributed by atoms with Crippen LogP contribution in [0, 0.1) is 6.92 Å². The topological polar surface area (TPSA) is 72.5 Å². The molecule has 0 amide bonds. The van der Waals surface area contributed by atoms with Gasteiger partial charge in [0.1, 0.15) is 0 Å². The van der Waals surface area contributed by atoms with E-state index in [-0.39, 0.29) is 6.04 Å². The summed E-state index contributed by atoms with van der Waals surface area (Å²) in [5.41, 5.74) is 12.8. The van der Waals surface area contributed by atoms with Gasteiger partial charge in [-0.3, -0.25) is 0 Å². The van der Waals surface area contributed by atoms with Crippen molar-refractivity contribution < 1.29 is 0 Å². The van der Waals surface area contributed by atoms with E-state index < -0.39 is 0 Å². The fraction of sp³-hybridized carbons (Fsp3) is 0.161.